The van der Waals surface area contributed by atoms with Crippen LogP contribution in [0.4, 0.5) is 0 Å². The van der Waals surface area contributed by atoms with Gasteiger partial charge in [0.05, 0.1) is 48.0 Å². The van der Waals surface area contributed by atoms with E-state index in [0.29, 0.717) is 0 Å². The van der Waals surface area contributed by atoms with E-state index < -0.39 is 0 Å². The molecule has 0 aromatic heterocycles. The molecule has 3 rings (SSSR count). The molecular formula is C35H79ClN6O3. The quantitative estimate of drug-likeness (QED) is 0.243. The summed E-state index contributed by atoms with van der Waals surface area (Å²) >= 11 is 0. The average molecular weight is 668 g/mol. The highest BCUT2D eigenvalue weighted by atomic mass is 35.5. The number of quaternary nitrogens is 1. The lowest BCUT2D eigenvalue weighted by molar-refractivity contribution is -0.870. The van der Waals surface area contributed by atoms with E-state index in [9.17, 15) is 4.79 Å². The molecule has 3 aliphatic rings. The van der Waals surface area contributed by atoms with Crippen molar-refractivity contribution in [3.05, 3.63) is 0 Å². The number of likely N-dealkylation sites (N-methyl/N-ethyl adjacent to an activating group) is 1. The first kappa shape index (κ1) is 48.9. The molecular weight excluding hydrogens is 588 g/mol. The number of carbonyl (C=O) groups excluding carboxylic acids is 1. The van der Waals surface area contributed by atoms with E-state index in [4.69, 9.17) is 9.47 Å². The highest BCUT2D eigenvalue weighted by molar-refractivity contribution is 5.75. The fraction of sp³-hybridized carbons (Fsp3) is 0.971. The first-order chi connectivity index (χ1) is 20.9. The topological polar surface area (TPSA) is 51.7 Å². The van der Waals surface area contributed by atoms with Crippen molar-refractivity contribution < 1.29 is 31.2 Å². The Balaban J connectivity index is -0.000000498. The van der Waals surface area contributed by atoms with Crippen LogP contribution in [-0.4, -0.2) is 182 Å². The lowest BCUT2D eigenvalue weighted by Gasteiger charge is -2.31. The van der Waals surface area contributed by atoms with E-state index in [-0.39, 0.29) is 24.4 Å². The first-order valence-electron chi connectivity index (χ1n) is 17.9. The van der Waals surface area contributed by atoms with Gasteiger partial charge in [0.15, 0.2) is 0 Å². The van der Waals surface area contributed by atoms with Crippen LogP contribution >= 0.6 is 0 Å². The normalized spacial score (nSPS) is 19.4. The summed E-state index contributed by atoms with van der Waals surface area (Å²) in [7, 11) is 14.5. The van der Waals surface area contributed by atoms with Gasteiger partial charge in [-0.25, -0.2) is 0 Å². The summed E-state index contributed by atoms with van der Waals surface area (Å²) in [6, 6.07) is 0.0370. The molecule has 3 heterocycles. The summed E-state index contributed by atoms with van der Waals surface area (Å²) in [5.74, 6) is -0.0686. The van der Waals surface area contributed by atoms with Crippen LogP contribution in [0.25, 0.3) is 0 Å². The largest absolute Gasteiger partial charge is 1.00 e. The summed E-state index contributed by atoms with van der Waals surface area (Å²) < 4.78 is 11.0. The molecule has 0 aromatic carbocycles. The molecule has 9 nitrogen and oxygen atoms in total. The summed E-state index contributed by atoms with van der Waals surface area (Å²) in [4.78, 5) is 23.0. The third kappa shape index (κ3) is 30.6. The van der Waals surface area contributed by atoms with Crippen molar-refractivity contribution in [1.29, 1.82) is 0 Å². The number of morpholine rings is 1. The summed E-state index contributed by atoms with van der Waals surface area (Å²) in [5, 5.41) is 0. The zero-order chi connectivity index (χ0) is 33.8. The number of carbonyl (C=O) groups is 1. The van der Waals surface area contributed by atoms with E-state index in [0.717, 1.165) is 63.1 Å². The van der Waals surface area contributed by atoms with Crippen LogP contribution < -0.4 is 12.4 Å². The number of halogens is 1. The molecule has 0 spiro atoms. The molecule has 0 saturated carbocycles. The third-order valence-electron chi connectivity index (χ3n) is 7.69. The molecule has 45 heavy (non-hydrogen) atoms. The Labute approximate surface area is 287 Å². The zero-order valence-corrected chi connectivity index (χ0v) is 33.0. The van der Waals surface area contributed by atoms with Gasteiger partial charge in [0.2, 0.25) is 0 Å². The van der Waals surface area contributed by atoms with Gasteiger partial charge in [0, 0.05) is 39.3 Å². The summed E-state index contributed by atoms with van der Waals surface area (Å²) in [5.41, 5.74) is 0. The molecule has 1 atom stereocenters. The molecule has 0 amide bonds. The summed E-state index contributed by atoms with van der Waals surface area (Å²) in [6.45, 7) is 27.2. The number of methoxy groups -OCH3 is 1. The van der Waals surface area contributed by atoms with Crippen molar-refractivity contribution in [2.45, 2.75) is 85.6 Å². The van der Waals surface area contributed by atoms with Crippen LogP contribution in [0.2, 0.25) is 0 Å². The second-order valence-corrected chi connectivity index (χ2v) is 13.6. The Kier molecular flexibility index (Phi) is 34.8. The van der Waals surface area contributed by atoms with Gasteiger partial charge < -0.3 is 41.1 Å². The van der Waals surface area contributed by atoms with E-state index >= 15 is 0 Å². The monoisotopic (exact) mass is 667 g/mol. The van der Waals surface area contributed by atoms with Gasteiger partial charge in [-0.1, -0.05) is 34.6 Å². The SMILES string of the molecule is CCCN(C)C.CCCN1CCCC1C(=O)OC.CCCN1CCN(C)CC1.CCCN1CCOCC1.CCC[N+](C)(C)C.[Cl-]. The summed E-state index contributed by atoms with van der Waals surface area (Å²) in [6.07, 6.45) is 8.29. The van der Waals surface area contributed by atoms with Crippen molar-refractivity contribution in [2.75, 3.05) is 141 Å². The van der Waals surface area contributed by atoms with Crippen molar-refractivity contribution >= 4 is 5.97 Å². The molecule has 274 valence electrons. The number of esters is 1. The molecule has 0 bridgehead atoms. The Bertz CT molecular complexity index is 622. The van der Waals surface area contributed by atoms with Gasteiger partial charge in [-0.15, -0.1) is 0 Å². The minimum Gasteiger partial charge on any atom is -1.00 e. The number of rotatable bonds is 11. The highest BCUT2D eigenvalue weighted by Gasteiger charge is 2.30. The van der Waals surface area contributed by atoms with Gasteiger partial charge >= 0.3 is 5.97 Å². The van der Waals surface area contributed by atoms with Crippen molar-refractivity contribution in [3.8, 4) is 0 Å². The number of nitrogens with zero attached hydrogens (tertiary/aromatic N) is 6. The minimum absolute atomic E-state index is 0. The standard InChI is InChI=1S/C9H17NO2.C8H18N2.C7H15NO.C6H16N.C5H13N.ClH/c1-3-6-10-7-4-5-8(10)9(11)12-2;1-3-4-10-7-5-9(2)6-8-10;1-2-3-8-4-6-9-7-5-8;1-5-6-7(2,3)4;1-4-5-6(2)3;/h8H,3-7H2,1-2H3;3-8H2,1-2H3;2-7H2,1H3;5-6H2,1-4H3;4-5H2,1-3H3;1H/q;;;+1;;/p-1. The van der Waals surface area contributed by atoms with Crippen LogP contribution in [0, 0.1) is 0 Å². The Hall–Kier alpha value is -0.520. The molecule has 3 aliphatic heterocycles. The second-order valence-electron chi connectivity index (χ2n) is 13.6. The predicted octanol–water partition coefficient (Wildman–Crippen LogP) is 1.47. The van der Waals surface area contributed by atoms with E-state index in [1.54, 1.807) is 0 Å². The highest BCUT2D eigenvalue weighted by Crippen LogP contribution is 2.18. The Morgan fingerprint density at radius 2 is 1.29 bits per heavy atom. The fourth-order valence-electron chi connectivity index (χ4n) is 5.43. The smallest absolute Gasteiger partial charge is 0.323 e. The maximum atomic E-state index is 11.2. The fourth-order valence-corrected chi connectivity index (χ4v) is 5.43. The van der Waals surface area contributed by atoms with Gasteiger partial charge in [0.25, 0.3) is 0 Å². The van der Waals surface area contributed by atoms with E-state index in [1.807, 2.05) is 0 Å². The number of piperazine rings is 1. The lowest BCUT2D eigenvalue weighted by Crippen LogP contribution is -3.00. The molecule has 1 unspecified atom stereocenters. The van der Waals surface area contributed by atoms with Gasteiger partial charge in [-0.05, 0) is 98.8 Å². The lowest BCUT2D eigenvalue weighted by atomic mass is 10.2. The third-order valence-corrected chi connectivity index (χ3v) is 7.69. The van der Waals surface area contributed by atoms with Gasteiger partial charge in [-0.2, -0.15) is 0 Å². The number of likely N-dealkylation sites (tertiary alicyclic amines) is 1. The van der Waals surface area contributed by atoms with Crippen LogP contribution in [0.3, 0.4) is 0 Å². The Morgan fingerprint density at radius 3 is 1.64 bits per heavy atom. The van der Waals surface area contributed by atoms with Crippen LogP contribution in [0.1, 0.15) is 79.6 Å². The predicted molar refractivity (Wildman–Crippen MR) is 191 cm³/mol. The molecule has 0 aliphatic carbocycles. The molecule has 0 N–H and O–H groups in total. The van der Waals surface area contributed by atoms with Crippen LogP contribution in [-0.2, 0) is 14.3 Å². The average Bonchev–Trinajstić information content (AvgIpc) is 3.44. The second kappa shape index (κ2) is 32.0. The molecule has 10 heteroatoms. The zero-order valence-electron chi connectivity index (χ0n) is 32.2. The first-order valence-corrected chi connectivity index (χ1v) is 17.9. The van der Waals surface area contributed by atoms with Gasteiger partial charge in [0.1, 0.15) is 6.04 Å². The van der Waals surface area contributed by atoms with Crippen molar-refractivity contribution in [1.82, 2.24) is 24.5 Å². The maximum Gasteiger partial charge on any atom is 0.323 e. The van der Waals surface area contributed by atoms with Gasteiger partial charge in [-0.3, -0.25) is 14.6 Å². The van der Waals surface area contributed by atoms with E-state index in [2.05, 4.69) is 101 Å². The van der Waals surface area contributed by atoms with Crippen LogP contribution in [0.5, 0.6) is 0 Å². The van der Waals surface area contributed by atoms with Crippen LogP contribution in [0.15, 0.2) is 0 Å². The molecule has 0 radical (unpaired) electrons. The van der Waals surface area contributed by atoms with Crippen molar-refractivity contribution in [3.63, 3.8) is 0 Å². The van der Waals surface area contributed by atoms with E-state index in [1.165, 1.54) is 85.2 Å². The molecule has 3 saturated heterocycles. The Morgan fingerprint density at radius 1 is 0.778 bits per heavy atom. The number of hydrogen-bond donors (Lipinski definition) is 0. The minimum atomic E-state index is -0.0686. The maximum absolute atomic E-state index is 11.2. The molecule has 0 aromatic rings. The number of hydrogen-bond acceptors (Lipinski definition) is 8. The number of ether oxygens (including phenoxy) is 2. The van der Waals surface area contributed by atoms with Crippen molar-refractivity contribution in [2.24, 2.45) is 0 Å². The molecule has 3 fully saturated rings.